The van der Waals surface area contributed by atoms with Crippen LogP contribution in [0.25, 0.3) is 6.08 Å². The molecule has 0 aromatic carbocycles. The van der Waals surface area contributed by atoms with E-state index in [2.05, 4.69) is 10.5 Å². The van der Waals surface area contributed by atoms with Crippen LogP contribution in [0.15, 0.2) is 44.9 Å². The molecular weight excluding hydrogens is 260 g/mol. The number of hydrogen-bond donors (Lipinski definition) is 1. The Morgan fingerprint density at radius 2 is 2.37 bits per heavy atom. The molecule has 0 saturated heterocycles. The van der Waals surface area contributed by atoms with Gasteiger partial charge in [0, 0.05) is 10.3 Å². The number of nitrogens with zero attached hydrogens (tertiary/aromatic N) is 1. The number of carbonyl (C=O) groups excluding carboxylic acids is 1. The minimum Gasteiger partial charge on any atom is -0.465 e. The molecule has 1 amide bonds. The summed E-state index contributed by atoms with van der Waals surface area (Å²) in [5, 5.41) is 5.72. The molecule has 2 rings (SSSR count). The Bertz CT molecular complexity index is 609. The van der Waals surface area contributed by atoms with Gasteiger partial charge in [0.1, 0.15) is 5.76 Å². The molecule has 19 heavy (non-hydrogen) atoms. The summed E-state index contributed by atoms with van der Waals surface area (Å²) in [7, 11) is 0. The molecule has 0 saturated carbocycles. The summed E-state index contributed by atoms with van der Waals surface area (Å²) in [6.07, 6.45) is 5.03. The van der Waals surface area contributed by atoms with Gasteiger partial charge >= 0.3 is 0 Å². The fraction of sp³-hybridized carbons (Fsp3) is 0.143. The van der Waals surface area contributed by atoms with Crippen LogP contribution in [0.2, 0.25) is 0 Å². The molecular formula is C14H14N2O2S. The number of hydrogen-bond acceptors (Lipinski definition) is 4. The lowest BCUT2D eigenvalue weighted by molar-refractivity contribution is 0.0955. The standard InChI is InChI=1S/C14H14N2O2S/c1-10(6-13-4-3-5-18-13)8-15-16-14(17)12-7-11(2)19-9-12/h3-9H,1-2H3,(H,16,17). The second kappa shape index (κ2) is 6.15. The van der Waals surface area contributed by atoms with Crippen molar-refractivity contribution >= 4 is 29.5 Å². The Labute approximate surface area is 115 Å². The third-order valence-corrected chi connectivity index (χ3v) is 3.20. The second-order valence-corrected chi connectivity index (χ2v) is 5.16. The monoisotopic (exact) mass is 274 g/mol. The molecule has 0 atom stereocenters. The number of amides is 1. The van der Waals surface area contributed by atoms with Gasteiger partial charge < -0.3 is 4.42 Å². The van der Waals surface area contributed by atoms with Gasteiger partial charge in [0.2, 0.25) is 0 Å². The predicted molar refractivity (Wildman–Crippen MR) is 77.4 cm³/mol. The third kappa shape index (κ3) is 3.93. The van der Waals surface area contributed by atoms with Crippen LogP contribution in [0.4, 0.5) is 0 Å². The van der Waals surface area contributed by atoms with Gasteiger partial charge in [0.25, 0.3) is 5.91 Å². The van der Waals surface area contributed by atoms with Crippen molar-refractivity contribution in [3.05, 3.63) is 51.6 Å². The zero-order chi connectivity index (χ0) is 13.7. The van der Waals surface area contributed by atoms with E-state index in [1.807, 2.05) is 43.5 Å². The van der Waals surface area contributed by atoms with Crippen molar-refractivity contribution in [1.29, 1.82) is 0 Å². The number of nitrogens with one attached hydrogen (secondary N) is 1. The maximum Gasteiger partial charge on any atom is 0.272 e. The Morgan fingerprint density at radius 1 is 1.53 bits per heavy atom. The third-order valence-electron chi connectivity index (χ3n) is 2.34. The summed E-state index contributed by atoms with van der Waals surface area (Å²) in [6.45, 7) is 3.84. The van der Waals surface area contributed by atoms with E-state index in [-0.39, 0.29) is 5.91 Å². The molecule has 0 radical (unpaired) electrons. The molecule has 0 spiro atoms. The molecule has 5 heteroatoms. The van der Waals surface area contributed by atoms with E-state index >= 15 is 0 Å². The van der Waals surface area contributed by atoms with Crippen LogP contribution in [0, 0.1) is 6.92 Å². The lowest BCUT2D eigenvalue weighted by Gasteiger charge is -1.95. The molecule has 0 bridgehead atoms. The van der Waals surface area contributed by atoms with Crippen LogP contribution in [0.5, 0.6) is 0 Å². The van der Waals surface area contributed by atoms with Gasteiger partial charge in [0.15, 0.2) is 0 Å². The zero-order valence-corrected chi connectivity index (χ0v) is 11.5. The number of furan rings is 1. The van der Waals surface area contributed by atoms with Crippen LogP contribution in [0.3, 0.4) is 0 Å². The quantitative estimate of drug-likeness (QED) is 0.685. The van der Waals surface area contributed by atoms with Crippen molar-refractivity contribution in [1.82, 2.24) is 5.43 Å². The smallest absolute Gasteiger partial charge is 0.272 e. The van der Waals surface area contributed by atoms with E-state index in [0.717, 1.165) is 16.2 Å². The molecule has 2 aromatic rings. The molecule has 1 N–H and O–H groups in total. The summed E-state index contributed by atoms with van der Waals surface area (Å²) in [5.41, 5.74) is 4.01. The molecule has 0 aliphatic heterocycles. The Morgan fingerprint density at radius 3 is 3.00 bits per heavy atom. The fourth-order valence-electron chi connectivity index (χ4n) is 1.45. The first kappa shape index (κ1) is 13.3. The highest BCUT2D eigenvalue weighted by Crippen LogP contribution is 2.12. The number of carbonyl (C=O) groups is 1. The minimum absolute atomic E-state index is 0.202. The molecule has 0 aliphatic rings. The van der Waals surface area contributed by atoms with Crippen LogP contribution < -0.4 is 5.43 Å². The highest BCUT2D eigenvalue weighted by Gasteiger charge is 2.05. The summed E-state index contributed by atoms with van der Waals surface area (Å²) >= 11 is 1.54. The zero-order valence-electron chi connectivity index (χ0n) is 10.7. The average Bonchev–Trinajstić information content (AvgIpc) is 3.00. The SMILES string of the molecule is CC(C=NNC(=O)c1csc(C)c1)=Cc1ccco1. The van der Waals surface area contributed by atoms with Gasteiger partial charge in [-0.3, -0.25) is 4.79 Å². The van der Waals surface area contributed by atoms with Gasteiger partial charge in [-0.25, -0.2) is 5.43 Å². The topological polar surface area (TPSA) is 54.6 Å². The van der Waals surface area contributed by atoms with Crippen molar-refractivity contribution in [2.75, 3.05) is 0 Å². The highest BCUT2D eigenvalue weighted by atomic mass is 32.1. The number of allylic oxidation sites excluding steroid dienone is 1. The number of hydrazone groups is 1. The molecule has 0 fully saturated rings. The lowest BCUT2D eigenvalue weighted by atomic mass is 10.3. The number of thiophene rings is 1. The second-order valence-electron chi connectivity index (χ2n) is 4.05. The summed E-state index contributed by atoms with van der Waals surface area (Å²) in [5.74, 6) is 0.551. The van der Waals surface area contributed by atoms with E-state index in [0.29, 0.717) is 5.56 Å². The van der Waals surface area contributed by atoms with Crippen molar-refractivity contribution in [2.24, 2.45) is 5.10 Å². The minimum atomic E-state index is -0.202. The maximum absolute atomic E-state index is 11.7. The van der Waals surface area contributed by atoms with Gasteiger partial charge in [-0.15, -0.1) is 11.3 Å². The Balaban J connectivity index is 1.91. The molecule has 98 valence electrons. The normalized spacial score (nSPS) is 12.0. The average molecular weight is 274 g/mol. The van der Waals surface area contributed by atoms with E-state index < -0.39 is 0 Å². The van der Waals surface area contributed by atoms with Gasteiger partial charge in [-0.2, -0.15) is 5.10 Å². The highest BCUT2D eigenvalue weighted by molar-refractivity contribution is 7.10. The van der Waals surface area contributed by atoms with Crippen molar-refractivity contribution in [3.8, 4) is 0 Å². The maximum atomic E-state index is 11.7. The first-order valence-corrected chi connectivity index (χ1v) is 6.63. The van der Waals surface area contributed by atoms with Gasteiger partial charge in [-0.1, -0.05) is 0 Å². The number of aryl methyl sites for hydroxylation is 1. The fourth-order valence-corrected chi connectivity index (χ4v) is 2.14. The molecule has 2 heterocycles. The van der Waals surface area contributed by atoms with Crippen LogP contribution in [-0.4, -0.2) is 12.1 Å². The van der Waals surface area contributed by atoms with E-state index in [1.165, 1.54) is 11.3 Å². The predicted octanol–water partition coefficient (Wildman–Crippen LogP) is 3.47. The summed E-state index contributed by atoms with van der Waals surface area (Å²) in [6, 6.07) is 5.50. The largest absolute Gasteiger partial charge is 0.465 e. The van der Waals surface area contributed by atoms with Crippen molar-refractivity contribution in [3.63, 3.8) is 0 Å². The van der Waals surface area contributed by atoms with Crippen molar-refractivity contribution in [2.45, 2.75) is 13.8 Å². The molecule has 0 aliphatic carbocycles. The first-order valence-electron chi connectivity index (χ1n) is 5.75. The van der Waals surface area contributed by atoms with E-state index in [1.54, 1.807) is 12.5 Å². The Kier molecular flexibility index (Phi) is 4.30. The van der Waals surface area contributed by atoms with Crippen LogP contribution >= 0.6 is 11.3 Å². The van der Waals surface area contributed by atoms with Gasteiger partial charge in [-0.05, 0) is 43.7 Å². The molecule has 2 aromatic heterocycles. The molecule has 4 nitrogen and oxygen atoms in total. The molecule has 0 unspecified atom stereocenters. The van der Waals surface area contributed by atoms with Crippen molar-refractivity contribution < 1.29 is 9.21 Å². The number of rotatable bonds is 4. The van der Waals surface area contributed by atoms with Crippen LogP contribution in [0.1, 0.15) is 27.9 Å². The van der Waals surface area contributed by atoms with E-state index in [4.69, 9.17) is 4.42 Å². The lowest BCUT2D eigenvalue weighted by Crippen LogP contribution is -2.16. The summed E-state index contributed by atoms with van der Waals surface area (Å²) < 4.78 is 5.18. The van der Waals surface area contributed by atoms with Crippen LogP contribution in [-0.2, 0) is 0 Å². The first-order chi connectivity index (χ1) is 9.15. The van der Waals surface area contributed by atoms with Gasteiger partial charge in [0.05, 0.1) is 18.0 Å². The van der Waals surface area contributed by atoms with E-state index in [9.17, 15) is 4.79 Å². The summed E-state index contributed by atoms with van der Waals surface area (Å²) in [4.78, 5) is 12.8. The Hall–Kier alpha value is -2.14.